The zero-order valence-corrected chi connectivity index (χ0v) is 10.2. The molecule has 1 aliphatic rings. The second kappa shape index (κ2) is 6.46. The smallest absolute Gasteiger partial charge is 0.170 e. The number of aliphatic hydroxyl groups excluding tert-OH is 1. The van der Waals surface area contributed by atoms with E-state index in [4.69, 9.17) is 4.74 Å². The van der Waals surface area contributed by atoms with Crippen molar-refractivity contribution in [2.24, 2.45) is 0 Å². The summed E-state index contributed by atoms with van der Waals surface area (Å²) in [5, 5.41) is 13.1. The minimum Gasteiger partial charge on any atom is -0.367 e. The van der Waals surface area contributed by atoms with Crippen molar-refractivity contribution in [3.63, 3.8) is 0 Å². The minimum atomic E-state index is -0.671. The van der Waals surface area contributed by atoms with Gasteiger partial charge in [0.05, 0.1) is 12.1 Å². The predicted octanol–water partition coefficient (Wildman–Crippen LogP) is 2.04. The van der Waals surface area contributed by atoms with Crippen LogP contribution in [0.1, 0.15) is 52.9 Å². The normalized spacial score (nSPS) is 23.0. The molecule has 2 N–H and O–H groups in total. The molecule has 0 amide bonds. The molecule has 0 bridgehead atoms. The maximum Gasteiger partial charge on any atom is 0.170 e. The van der Waals surface area contributed by atoms with Crippen molar-refractivity contribution in [1.29, 1.82) is 0 Å². The summed E-state index contributed by atoms with van der Waals surface area (Å²) >= 11 is 0. The van der Waals surface area contributed by atoms with E-state index in [-0.39, 0.29) is 12.1 Å². The molecule has 0 heterocycles. The number of hydrogen-bond donors (Lipinski definition) is 2. The Balaban J connectivity index is 2.23. The maximum absolute atomic E-state index is 9.83. The van der Waals surface area contributed by atoms with E-state index in [2.05, 4.69) is 19.2 Å². The van der Waals surface area contributed by atoms with Crippen LogP contribution in [-0.2, 0) is 4.74 Å². The lowest BCUT2D eigenvalue weighted by molar-refractivity contribution is -0.158. The zero-order chi connectivity index (χ0) is 11.3. The third kappa shape index (κ3) is 4.96. The second-order valence-electron chi connectivity index (χ2n) is 4.90. The third-order valence-corrected chi connectivity index (χ3v) is 2.91. The van der Waals surface area contributed by atoms with Crippen molar-refractivity contribution in [2.45, 2.75) is 77.4 Å². The van der Waals surface area contributed by atoms with E-state index in [0.29, 0.717) is 6.04 Å². The summed E-state index contributed by atoms with van der Waals surface area (Å²) in [5.41, 5.74) is 0. The largest absolute Gasteiger partial charge is 0.367 e. The quantitative estimate of drug-likeness (QED) is 0.690. The molecule has 0 saturated heterocycles. The average molecular weight is 215 g/mol. The Bertz CT molecular complexity index is 167. The standard InChI is InChI=1S/C12H25NO2/c1-9(2)13-10(3)12(14)15-11-7-5-4-6-8-11/h9-14H,4-8H2,1-3H3/t10-,12?/m0/s1. The lowest BCUT2D eigenvalue weighted by Gasteiger charge is -2.29. The van der Waals surface area contributed by atoms with Crippen LogP contribution >= 0.6 is 0 Å². The van der Waals surface area contributed by atoms with E-state index < -0.39 is 6.29 Å². The molecule has 1 rings (SSSR count). The fourth-order valence-corrected chi connectivity index (χ4v) is 2.12. The van der Waals surface area contributed by atoms with Gasteiger partial charge in [-0.15, -0.1) is 0 Å². The highest BCUT2D eigenvalue weighted by Gasteiger charge is 2.21. The predicted molar refractivity (Wildman–Crippen MR) is 61.7 cm³/mol. The highest BCUT2D eigenvalue weighted by Crippen LogP contribution is 2.21. The Morgan fingerprint density at radius 1 is 1.13 bits per heavy atom. The van der Waals surface area contributed by atoms with Crippen LogP contribution in [0.2, 0.25) is 0 Å². The molecule has 3 heteroatoms. The maximum atomic E-state index is 9.83. The van der Waals surface area contributed by atoms with E-state index in [1.165, 1.54) is 19.3 Å². The van der Waals surface area contributed by atoms with Gasteiger partial charge in [-0.05, 0) is 19.8 Å². The van der Waals surface area contributed by atoms with E-state index in [1.807, 2.05) is 6.92 Å². The van der Waals surface area contributed by atoms with Crippen LogP contribution in [0.4, 0.5) is 0 Å². The SMILES string of the molecule is CC(C)N[C@@H](C)C(O)OC1CCCCC1. The van der Waals surface area contributed by atoms with Gasteiger partial charge in [0, 0.05) is 6.04 Å². The first-order chi connectivity index (χ1) is 7.09. The van der Waals surface area contributed by atoms with Crippen LogP contribution in [0, 0.1) is 0 Å². The monoisotopic (exact) mass is 215 g/mol. The first-order valence-corrected chi connectivity index (χ1v) is 6.19. The second-order valence-corrected chi connectivity index (χ2v) is 4.90. The minimum absolute atomic E-state index is 0.00641. The lowest BCUT2D eigenvalue weighted by atomic mass is 9.98. The summed E-state index contributed by atoms with van der Waals surface area (Å²) in [7, 11) is 0. The fourth-order valence-electron chi connectivity index (χ4n) is 2.12. The van der Waals surface area contributed by atoms with Crippen LogP contribution in [0.3, 0.4) is 0 Å². The highest BCUT2D eigenvalue weighted by atomic mass is 16.6. The number of hydrogen-bond acceptors (Lipinski definition) is 3. The van der Waals surface area contributed by atoms with Crippen LogP contribution in [0.25, 0.3) is 0 Å². The summed E-state index contributed by atoms with van der Waals surface area (Å²) in [5.74, 6) is 0. The van der Waals surface area contributed by atoms with Gasteiger partial charge in [0.25, 0.3) is 0 Å². The van der Waals surface area contributed by atoms with E-state index in [9.17, 15) is 5.11 Å². The van der Waals surface area contributed by atoms with Gasteiger partial charge < -0.3 is 15.2 Å². The van der Waals surface area contributed by atoms with Crippen LogP contribution < -0.4 is 5.32 Å². The Morgan fingerprint density at radius 3 is 2.27 bits per heavy atom. The summed E-state index contributed by atoms with van der Waals surface area (Å²) < 4.78 is 5.65. The molecular formula is C12H25NO2. The molecule has 1 unspecified atom stereocenters. The summed E-state index contributed by atoms with van der Waals surface area (Å²) in [6, 6.07) is 0.386. The van der Waals surface area contributed by atoms with Crippen LogP contribution in [0.5, 0.6) is 0 Å². The molecule has 1 saturated carbocycles. The first kappa shape index (κ1) is 12.9. The number of aliphatic hydroxyl groups is 1. The van der Waals surface area contributed by atoms with Crippen LogP contribution in [-0.4, -0.2) is 29.6 Å². The molecule has 0 radical (unpaired) electrons. The van der Waals surface area contributed by atoms with E-state index >= 15 is 0 Å². The topological polar surface area (TPSA) is 41.5 Å². The summed E-state index contributed by atoms with van der Waals surface area (Å²) in [6.45, 7) is 6.11. The summed E-state index contributed by atoms with van der Waals surface area (Å²) in [6.07, 6.45) is 5.60. The first-order valence-electron chi connectivity index (χ1n) is 6.19. The molecule has 0 aliphatic heterocycles. The van der Waals surface area contributed by atoms with Crippen molar-refractivity contribution in [1.82, 2.24) is 5.32 Å². The highest BCUT2D eigenvalue weighted by molar-refractivity contribution is 4.71. The number of ether oxygens (including phenoxy) is 1. The Labute approximate surface area is 93.2 Å². The van der Waals surface area contributed by atoms with Crippen molar-refractivity contribution in [3.8, 4) is 0 Å². The molecule has 2 atom stereocenters. The van der Waals surface area contributed by atoms with Crippen molar-refractivity contribution < 1.29 is 9.84 Å². The molecule has 3 nitrogen and oxygen atoms in total. The molecule has 0 spiro atoms. The van der Waals surface area contributed by atoms with Crippen molar-refractivity contribution in [3.05, 3.63) is 0 Å². The third-order valence-electron chi connectivity index (χ3n) is 2.91. The summed E-state index contributed by atoms with van der Waals surface area (Å²) in [4.78, 5) is 0. The fraction of sp³-hybridized carbons (Fsp3) is 1.00. The Morgan fingerprint density at radius 2 is 1.73 bits per heavy atom. The molecule has 0 aromatic heterocycles. The molecule has 1 fully saturated rings. The van der Waals surface area contributed by atoms with Crippen molar-refractivity contribution in [2.75, 3.05) is 0 Å². The molecule has 0 aromatic carbocycles. The van der Waals surface area contributed by atoms with Crippen molar-refractivity contribution >= 4 is 0 Å². The molecule has 15 heavy (non-hydrogen) atoms. The van der Waals surface area contributed by atoms with Crippen LogP contribution in [0.15, 0.2) is 0 Å². The van der Waals surface area contributed by atoms with E-state index in [0.717, 1.165) is 12.8 Å². The van der Waals surface area contributed by atoms with Gasteiger partial charge in [0.2, 0.25) is 0 Å². The zero-order valence-electron chi connectivity index (χ0n) is 10.2. The van der Waals surface area contributed by atoms with E-state index in [1.54, 1.807) is 0 Å². The van der Waals surface area contributed by atoms with Gasteiger partial charge in [0.15, 0.2) is 6.29 Å². The van der Waals surface area contributed by atoms with Gasteiger partial charge in [0.1, 0.15) is 0 Å². The lowest BCUT2D eigenvalue weighted by Crippen LogP contribution is -2.44. The Hall–Kier alpha value is -0.120. The molecular weight excluding hydrogens is 190 g/mol. The van der Waals surface area contributed by atoms with Gasteiger partial charge in [-0.25, -0.2) is 0 Å². The number of rotatable bonds is 5. The van der Waals surface area contributed by atoms with Gasteiger partial charge in [-0.1, -0.05) is 33.1 Å². The van der Waals surface area contributed by atoms with Gasteiger partial charge in [-0.2, -0.15) is 0 Å². The van der Waals surface area contributed by atoms with Gasteiger partial charge >= 0.3 is 0 Å². The molecule has 1 aliphatic carbocycles. The Kier molecular flexibility index (Phi) is 5.58. The molecule has 0 aromatic rings. The average Bonchev–Trinajstić information content (AvgIpc) is 2.18. The van der Waals surface area contributed by atoms with Gasteiger partial charge in [-0.3, -0.25) is 0 Å². The molecule has 90 valence electrons. The number of nitrogens with one attached hydrogen (secondary N) is 1.